The van der Waals surface area contributed by atoms with Crippen molar-refractivity contribution in [1.29, 1.82) is 5.26 Å². The summed E-state index contributed by atoms with van der Waals surface area (Å²) in [4.78, 5) is 5.31. The van der Waals surface area contributed by atoms with E-state index in [4.69, 9.17) is 5.26 Å². The van der Waals surface area contributed by atoms with Gasteiger partial charge >= 0.3 is 0 Å². The largest absolute Gasteiger partial charge is 0.505 e. The molecule has 2 heterocycles. The summed E-state index contributed by atoms with van der Waals surface area (Å²) in [5.74, 6) is 0.672. The van der Waals surface area contributed by atoms with E-state index in [9.17, 15) is 5.11 Å². The molecule has 3 rings (SSSR count). The van der Waals surface area contributed by atoms with Crippen molar-refractivity contribution in [2.75, 3.05) is 0 Å². The molecule has 0 aromatic carbocycles. The molecule has 0 spiro atoms. The first-order valence-electron chi connectivity index (χ1n) is 7.24. The fourth-order valence-corrected chi connectivity index (χ4v) is 3.88. The van der Waals surface area contributed by atoms with Crippen LogP contribution in [0, 0.1) is 24.2 Å². The summed E-state index contributed by atoms with van der Waals surface area (Å²) >= 11 is 1.43. The van der Waals surface area contributed by atoms with Gasteiger partial charge in [-0.05, 0) is 48.5 Å². The second-order valence-electron chi connectivity index (χ2n) is 5.61. The van der Waals surface area contributed by atoms with Gasteiger partial charge in [0, 0.05) is 0 Å². The Labute approximate surface area is 128 Å². The zero-order chi connectivity index (χ0) is 14.8. The number of aromatic nitrogens is 2. The minimum atomic E-state index is -0.0696. The van der Waals surface area contributed by atoms with Gasteiger partial charge in [0.1, 0.15) is 6.07 Å². The van der Waals surface area contributed by atoms with Crippen LogP contribution in [0.2, 0.25) is 0 Å². The van der Waals surface area contributed by atoms with Gasteiger partial charge in [-0.15, -0.1) is 0 Å². The predicted octanol–water partition coefficient (Wildman–Crippen LogP) is 3.82. The Bertz CT molecular complexity index is 696. The van der Waals surface area contributed by atoms with Gasteiger partial charge in [0.05, 0.1) is 16.3 Å². The third-order valence-corrected chi connectivity index (χ3v) is 5.17. The molecule has 21 heavy (non-hydrogen) atoms. The van der Waals surface area contributed by atoms with E-state index in [0.717, 1.165) is 28.6 Å². The fraction of sp³-hybridized carbons (Fsp3) is 0.438. The van der Waals surface area contributed by atoms with Crippen LogP contribution in [-0.2, 0) is 6.42 Å². The van der Waals surface area contributed by atoms with Gasteiger partial charge in [-0.1, -0.05) is 25.7 Å². The van der Waals surface area contributed by atoms with Gasteiger partial charge in [0.2, 0.25) is 0 Å². The molecule has 0 atom stereocenters. The lowest BCUT2D eigenvalue weighted by molar-refractivity contribution is 0.470. The molecular formula is C16H17N3OS. The van der Waals surface area contributed by atoms with E-state index in [-0.39, 0.29) is 11.4 Å². The highest BCUT2D eigenvalue weighted by atomic mass is 32.1. The fourth-order valence-electron chi connectivity index (χ4n) is 2.99. The average molecular weight is 299 g/mol. The second kappa shape index (κ2) is 5.82. The van der Waals surface area contributed by atoms with Gasteiger partial charge in [0.15, 0.2) is 11.4 Å². The van der Waals surface area contributed by atoms with Crippen molar-refractivity contribution in [3.8, 4) is 22.4 Å². The summed E-state index contributed by atoms with van der Waals surface area (Å²) in [6.45, 7) is 2.04. The van der Waals surface area contributed by atoms with E-state index in [1.54, 1.807) is 6.07 Å². The number of rotatable bonds is 3. The molecule has 0 bridgehead atoms. The SMILES string of the molecule is Cc1nsc(-c2ccc(O)c(C#N)n2)c1CC1CCCC1. The molecule has 1 saturated carbocycles. The highest BCUT2D eigenvalue weighted by Gasteiger charge is 2.21. The number of hydrogen-bond donors (Lipinski definition) is 1. The molecule has 4 nitrogen and oxygen atoms in total. The normalized spacial score (nSPS) is 15.2. The molecule has 0 aliphatic heterocycles. The highest BCUT2D eigenvalue weighted by molar-refractivity contribution is 7.09. The van der Waals surface area contributed by atoms with Crippen molar-refractivity contribution < 1.29 is 5.11 Å². The zero-order valence-electron chi connectivity index (χ0n) is 12.0. The molecule has 1 N–H and O–H groups in total. The number of pyridine rings is 1. The van der Waals surface area contributed by atoms with Gasteiger partial charge in [0.25, 0.3) is 0 Å². The smallest absolute Gasteiger partial charge is 0.182 e. The summed E-state index contributed by atoms with van der Waals surface area (Å²) in [5, 5.41) is 18.6. The van der Waals surface area contributed by atoms with Crippen LogP contribution in [0.1, 0.15) is 42.6 Å². The van der Waals surface area contributed by atoms with Gasteiger partial charge in [-0.25, -0.2) is 4.98 Å². The van der Waals surface area contributed by atoms with Crippen LogP contribution >= 0.6 is 11.5 Å². The molecule has 0 amide bonds. The first-order chi connectivity index (χ1) is 10.2. The van der Waals surface area contributed by atoms with Gasteiger partial charge in [-0.3, -0.25) is 0 Å². The number of aryl methyl sites for hydroxylation is 1. The van der Waals surface area contributed by atoms with Crippen LogP contribution < -0.4 is 0 Å². The zero-order valence-corrected chi connectivity index (χ0v) is 12.8. The summed E-state index contributed by atoms with van der Waals surface area (Å²) in [6, 6.07) is 5.23. The standard InChI is InChI=1S/C16H17N3OS/c1-10-12(8-11-4-2-3-5-11)16(21-19-10)13-6-7-15(20)14(9-17)18-13/h6-7,11,20H,2-5,8H2,1H3. The molecule has 5 heteroatoms. The Morgan fingerprint density at radius 1 is 1.38 bits per heavy atom. The predicted molar refractivity (Wildman–Crippen MR) is 82.1 cm³/mol. The molecule has 2 aromatic rings. The van der Waals surface area contributed by atoms with Gasteiger partial charge in [-0.2, -0.15) is 9.64 Å². The van der Waals surface area contributed by atoms with Crippen molar-refractivity contribution in [3.63, 3.8) is 0 Å². The van der Waals surface area contributed by atoms with E-state index < -0.39 is 0 Å². The van der Waals surface area contributed by atoms with E-state index in [0.29, 0.717) is 0 Å². The molecule has 0 saturated heterocycles. The lowest BCUT2D eigenvalue weighted by Crippen LogP contribution is -2.01. The van der Waals surface area contributed by atoms with E-state index in [2.05, 4.69) is 9.36 Å². The van der Waals surface area contributed by atoms with Crippen molar-refractivity contribution in [1.82, 2.24) is 9.36 Å². The topological polar surface area (TPSA) is 69.8 Å². The third-order valence-electron chi connectivity index (χ3n) is 4.16. The number of nitrogens with zero attached hydrogens (tertiary/aromatic N) is 3. The minimum absolute atomic E-state index is 0.0696. The van der Waals surface area contributed by atoms with Crippen molar-refractivity contribution in [2.45, 2.75) is 39.0 Å². The van der Waals surface area contributed by atoms with E-state index >= 15 is 0 Å². The van der Waals surface area contributed by atoms with Crippen LogP contribution in [0.25, 0.3) is 10.6 Å². The molecule has 1 aliphatic rings. The quantitative estimate of drug-likeness (QED) is 0.935. The lowest BCUT2D eigenvalue weighted by atomic mass is 9.96. The average Bonchev–Trinajstić information content (AvgIpc) is 3.12. The summed E-state index contributed by atoms with van der Waals surface area (Å²) in [6.07, 6.45) is 6.28. The van der Waals surface area contributed by atoms with E-state index in [1.165, 1.54) is 48.8 Å². The summed E-state index contributed by atoms with van der Waals surface area (Å²) in [5.41, 5.74) is 3.14. The number of hydrogen-bond acceptors (Lipinski definition) is 5. The van der Waals surface area contributed by atoms with Crippen LogP contribution in [0.4, 0.5) is 0 Å². The Kier molecular flexibility index (Phi) is 3.89. The summed E-state index contributed by atoms with van der Waals surface area (Å²) in [7, 11) is 0. The van der Waals surface area contributed by atoms with Gasteiger partial charge < -0.3 is 5.11 Å². The molecule has 1 fully saturated rings. The molecule has 0 radical (unpaired) electrons. The molecule has 108 valence electrons. The van der Waals surface area contributed by atoms with Crippen LogP contribution in [0.3, 0.4) is 0 Å². The maximum atomic E-state index is 9.59. The molecule has 2 aromatic heterocycles. The van der Waals surface area contributed by atoms with Crippen LogP contribution in [0.5, 0.6) is 5.75 Å². The monoisotopic (exact) mass is 299 g/mol. The third kappa shape index (κ3) is 2.77. The minimum Gasteiger partial charge on any atom is -0.505 e. The second-order valence-corrected chi connectivity index (χ2v) is 6.38. The Balaban J connectivity index is 1.97. The highest BCUT2D eigenvalue weighted by Crippen LogP contribution is 2.36. The van der Waals surface area contributed by atoms with Crippen LogP contribution in [0.15, 0.2) is 12.1 Å². The Hall–Kier alpha value is -1.93. The van der Waals surface area contributed by atoms with Crippen molar-refractivity contribution >= 4 is 11.5 Å². The maximum absolute atomic E-state index is 9.59. The number of aromatic hydroxyl groups is 1. The van der Waals surface area contributed by atoms with E-state index in [1.807, 2.05) is 13.0 Å². The van der Waals surface area contributed by atoms with Crippen LogP contribution in [-0.4, -0.2) is 14.5 Å². The Morgan fingerprint density at radius 3 is 2.86 bits per heavy atom. The molecule has 1 aliphatic carbocycles. The first-order valence-corrected chi connectivity index (χ1v) is 8.02. The molecule has 0 unspecified atom stereocenters. The van der Waals surface area contributed by atoms with Crippen molar-refractivity contribution in [3.05, 3.63) is 29.1 Å². The Morgan fingerprint density at radius 2 is 2.14 bits per heavy atom. The summed E-state index contributed by atoms with van der Waals surface area (Å²) < 4.78 is 4.47. The number of nitriles is 1. The lowest BCUT2D eigenvalue weighted by Gasteiger charge is -2.10. The van der Waals surface area contributed by atoms with Crippen molar-refractivity contribution in [2.24, 2.45) is 5.92 Å². The first kappa shape index (κ1) is 14.0. The maximum Gasteiger partial charge on any atom is 0.182 e. The molecular weight excluding hydrogens is 282 g/mol.